The van der Waals surface area contributed by atoms with E-state index in [0.717, 1.165) is 16.7 Å². The van der Waals surface area contributed by atoms with Crippen LogP contribution in [0, 0.1) is 12.7 Å². The molecule has 152 valence electrons. The van der Waals surface area contributed by atoms with Gasteiger partial charge in [-0.05, 0) is 32.4 Å². The number of aryl methyl sites for hydroxylation is 2. The lowest BCUT2D eigenvalue weighted by Crippen LogP contribution is -2.39. The van der Waals surface area contributed by atoms with Crippen molar-refractivity contribution in [1.29, 1.82) is 0 Å². The molecule has 0 bridgehead atoms. The predicted octanol–water partition coefficient (Wildman–Crippen LogP) is 3.27. The summed E-state index contributed by atoms with van der Waals surface area (Å²) >= 11 is 6.11. The standard InChI is InChI=1S/C20H21ClFN5O2/c1-5-11(2)27-12(3)9-25-16-17(23-19(25)27)24(4)20(29)26(18(16)28)10-13-14(21)7-6-8-15(13)22/h6-9,11H,5,10H2,1-4H3. The Bertz CT molecular complexity index is 1360. The number of halogens is 2. The maximum atomic E-state index is 14.3. The van der Waals surface area contributed by atoms with E-state index < -0.39 is 17.1 Å². The summed E-state index contributed by atoms with van der Waals surface area (Å²) in [6.45, 7) is 5.84. The third-order valence-corrected chi connectivity index (χ3v) is 5.83. The second kappa shape index (κ2) is 6.88. The first-order valence-corrected chi connectivity index (χ1v) is 9.76. The molecule has 7 nitrogen and oxygen atoms in total. The highest BCUT2D eigenvalue weighted by molar-refractivity contribution is 6.31. The van der Waals surface area contributed by atoms with Crippen molar-refractivity contribution in [3.63, 3.8) is 0 Å². The molecular formula is C20H21ClFN5O2. The predicted molar refractivity (Wildman–Crippen MR) is 110 cm³/mol. The van der Waals surface area contributed by atoms with Gasteiger partial charge in [-0.1, -0.05) is 24.6 Å². The van der Waals surface area contributed by atoms with Gasteiger partial charge < -0.3 is 4.57 Å². The number of aromatic nitrogens is 5. The van der Waals surface area contributed by atoms with E-state index >= 15 is 0 Å². The molecule has 1 unspecified atom stereocenters. The van der Waals surface area contributed by atoms with E-state index in [1.54, 1.807) is 11.4 Å². The smallest absolute Gasteiger partial charge is 0.311 e. The number of imidazole rings is 2. The van der Waals surface area contributed by atoms with Gasteiger partial charge in [0.2, 0.25) is 5.78 Å². The van der Waals surface area contributed by atoms with Crippen molar-refractivity contribution in [1.82, 2.24) is 23.1 Å². The maximum Gasteiger partial charge on any atom is 0.332 e. The zero-order valence-corrected chi connectivity index (χ0v) is 17.4. The van der Waals surface area contributed by atoms with Gasteiger partial charge in [0.05, 0.1) is 6.54 Å². The topological polar surface area (TPSA) is 66.2 Å². The third-order valence-electron chi connectivity index (χ3n) is 5.48. The normalized spacial score (nSPS) is 12.9. The van der Waals surface area contributed by atoms with E-state index in [0.29, 0.717) is 11.4 Å². The molecule has 0 saturated carbocycles. The molecule has 29 heavy (non-hydrogen) atoms. The Kier molecular flexibility index (Phi) is 4.61. The Labute approximate surface area is 170 Å². The van der Waals surface area contributed by atoms with Gasteiger partial charge in [0.15, 0.2) is 11.2 Å². The highest BCUT2D eigenvalue weighted by Gasteiger charge is 2.22. The fourth-order valence-electron chi connectivity index (χ4n) is 3.74. The molecular weight excluding hydrogens is 397 g/mol. The van der Waals surface area contributed by atoms with E-state index in [9.17, 15) is 14.0 Å². The van der Waals surface area contributed by atoms with Gasteiger partial charge >= 0.3 is 5.69 Å². The van der Waals surface area contributed by atoms with Gasteiger partial charge in [-0.25, -0.2) is 9.18 Å². The quantitative estimate of drug-likeness (QED) is 0.512. The van der Waals surface area contributed by atoms with Gasteiger partial charge in [0.1, 0.15) is 5.82 Å². The SMILES string of the molecule is CCC(C)n1c(C)cn2c3c(=O)n(Cc4c(F)cccc4Cl)c(=O)n(C)c3nc12. The van der Waals surface area contributed by atoms with Gasteiger partial charge in [-0.2, -0.15) is 4.98 Å². The summed E-state index contributed by atoms with van der Waals surface area (Å²) in [5.74, 6) is 0.0318. The molecule has 0 radical (unpaired) electrons. The Morgan fingerprint density at radius 3 is 2.66 bits per heavy atom. The van der Waals surface area contributed by atoms with E-state index in [1.807, 2.05) is 17.7 Å². The highest BCUT2D eigenvalue weighted by Crippen LogP contribution is 2.23. The Hall–Kier alpha value is -2.87. The maximum absolute atomic E-state index is 14.3. The number of hydrogen-bond donors (Lipinski definition) is 0. The van der Waals surface area contributed by atoms with Crippen LogP contribution in [0.3, 0.4) is 0 Å². The van der Waals surface area contributed by atoms with Crippen molar-refractivity contribution in [3.05, 3.63) is 67.3 Å². The lowest BCUT2D eigenvalue weighted by atomic mass is 10.2. The minimum absolute atomic E-state index is 0.0989. The van der Waals surface area contributed by atoms with Gasteiger partial charge in [-0.3, -0.25) is 18.3 Å². The number of rotatable bonds is 4. The first kappa shape index (κ1) is 19.4. The molecule has 0 fully saturated rings. The Balaban J connectivity index is 2.04. The number of benzene rings is 1. The van der Waals surface area contributed by atoms with Crippen LogP contribution in [0.25, 0.3) is 16.9 Å². The van der Waals surface area contributed by atoms with E-state index in [1.165, 1.54) is 22.8 Å². The van der Waals surface area contributed by atoms with Crippen LogP contribution in [0.1, 0.15) is 37.6 Å². The molecule has 4 rings (SSSR count). The van der Waals surface area contributed by atoms with Crippen molar-refractivity contribution >= 4 is 28.5 Å². The largest absolute Gasteiger partial charge is 0.332 e. The zero-order valence-electron chi connectivity index (χ0n) is 16.6. The average Bonchev–Trinajstić information content (AvgIpc) is 3.19. The fraction of sp³-hybridized carbons (Fsp3) is 0.350. The molecule has 0 spiro atoms. The van der Waals surface area contributed by atoms with Crippen molar-refractivity contribution in [2.75, 3.05) is 0 Å². The summed E-state index contributed by atoms with van der Waals surface area (Å²) in [6, 6.07) is 4.44. The van der Waals surface area contributed by atoms with Gasteiger partial charge in [0, 0.05) is 35.6 Å². The molecule has 3 heterocycles. The first-order valence-electron chi connectivity index (χ1n) is 9.38. The van der Waals surface area contributed by atoms with E-state index in [4.69, 9.17) is 11.6 Å². The van der Waals surface area contributed by atoms with Crippen LogP contribution in [0.4, 0.5) is 4.39 Å². The highest BCUT2D eigenvalue weighted by atomic mass is 35.5. The van der Waals surface area contributed by atoms with Crippen LogP contribution < -0.4 is 11.2 Å². The lowest BCUT2D eigenvalue weighted by molar-refractivity contribution is 0.532. The molecule has 9 heteroatoms. The molecule has 3 aromatic heterocycles. The summed E-state index contributed by atoms with van der Waals surface area (Å²) in [5, 5.41) is 0.163. The van der Waals surface area contributed by atoms with Crippen LogP contribution in [0.15, 0.2) is 34.0 Å². The molecule has 0 aliphatic carbocycles. The van der Waals surface area contributed by atoms with Gasteiger partial charge in [0.25, 0.3) is 5.56 Å². The number of nitrogens with zero attached hydrogens (tertiary/aromatic N) is 5. The molecule has 1 aromatic carbocycles. The molecule has 1 atom stereocenters. The lowest BCUT2D eigenvalue weighted by Gasteiger charge is -2.12. The van der Waals surface area contributed by atoms with E-state index in [-0.39, 0.29) is 28.7 Å². The number of fused-ring (bicyclic) bond motifs is 3. The zero-order chi connectivity index (χ0) is 21.0. The molecule has 0 N–H and O–H groups in total. The minimum Gasteiger partial charge on any atom is -0.311 e. The first-order chi connectivity index (χ1) is 13.8. The van der Waals surface area contributed by atoms with Crippen LogP contribution in [0.2, 0.25) is 5.02 Å². The second-order valence-corrected chi connectivity index (χ2v) is 7.69. The summed E-state index contributed by atoms with van der Waals surface area (Å²) in [5.41, 5.74) is 0.524. The van der Waals surface area contributed by atoms with Crippen molar-refractivity contribution < 1.29 is 4.39 Å². The molecule has 0 amide bonds. The Morgan fingerprint density at radius 2 is 2.00 bits per heavy atom. The van der Waals surface area contributed by atoms with Crippen LogP contribution in [0.5, 0.6) is 0 Å². The second-order valence-electron chi connectivity index (χ2n) is 7.28. The molecule has 4 aromatic rings. The Morgan fingerprint density at radius 1 is 1.28 bits per heavy atom. The monoisotopic (exact) mass is 417 g/mol. The number of hydrogen-bond acceptors (Lipinski definition) is 3. The van der Waals surface area contributed by atoms with Crippen molar-refractivity contribution in [2.45, 2.75) is 39.8 Å². The summed E-state index contributed by atoms with van der Waals surface area (Å²) in [6.07, 6.45) is 2.73. The summed E-state index contributed by atoms with van der Waals surface area (Å²) in [7, 11) is 1.55. The minimum atomic E-state index is -0.575. The average molecular weight is 418 g/mol. The molecule has 0 aliphatic rings. The van der Waals surface area contributed by atoms with Crippen LogP contribution >= 0.6 is 11.6 Å². The summed E-state index contributed by atoms with van der Waals surface area (Å²) < 4.78 is 20.3. The van der Waals surface area contributed by atoms with E-state index in [2.05, 4.69) is 18.8 Å². The third kappa shape index (κ3) is 2.81. The summed E-state index contributed by atoms with van der Waals surface area (Å²) in [4.78, 5) is 30.7. The van der Waals surface area contributed by atoms with Gasteiger partial charge in [-0.15, -0.1) is 0 Å². The molecule has 0 aliphatic heterocycles. The van der Waals surface area contributed by atoms with Crippen molar-refractivity contribution in [3.8, 4) is 0 Å². The fourth-order valence-corrected chi connectivity index (χ4v) is 3.96. The van der Waals surface area contributed by atoms with Crippen molar-refractivity contribution in [2.24, 2.45) is 7.05 Å². The van der Waals surface area contributed by atoms with Crippen LogP contribution in [-0.2, 0) is 13.6 Å². The van der Waals surface area contributed by atoms with Crippen LogP contribution in [-0.4, -0.2) is 23.1 Å². The molecule has 0 saturated heterocycles.